The Bertz CT molecular complexity index is 1150. The number of ether oxygens (including phenoxy) is 1. The molecular formula is C23H27N3O5S. The minimum atomic E-state index is -4.12. The van der Waals surface area contributed by atoms with Gasteiger partial charge in [0.25, 0.3) is 10.0 Å². The number of anilines is 2. The number of nitrogens with one attached hydrogen (secondary N) is 1. The topological polar surface area (TPSA) is 102 Å². The quantitative estimate of drug-likeness (QED) is 0.519. The molecule has 8 nitrogen and oxygen atoms in total. The molecule has 0 unspecified atom stereocenters. The molecule has 0 spiro atoms. The van der Waals surface area contributed by atoms with Crippen LogP contribution in [0.4, 0.5) is 11.4 Å². The van der Waals surface area contributed by atoms with Gasteiger partial charge in [-0.25, -0.2) is 8.42 Å². The number of nitrogens with zero attached hydrogens (tertiary/aromatic N) is 2. The second kappa shape index (κ2) is 9.86. The molecule has 0 saturated carbocycles. The van der Waals surface area contributed by atoms with Crippen LogP contribution in [0.5, 0.6) is 5.75 Å². The fraction of sp³-hybridized carbons (Fsp3) is 0.304. The van der Waals surface area contributed by atoms with Crippen molar-refractivity contribution in [3.05, 3.63) is 65.5 Å². The van der Waals surface area contributed by atoms with Gasteiger partial charge in [-0.3, -0.25) is 9.10 Å². The summed E-state index contributed by atoms with van der Waals surface area (Å²) in [7, 11) is -4.12. The van der Waals surface area contributed by atoms with Crippen LogP contribution < -0.4 is 14.4 Å². The Kier molecular flexibility index (Phi) is 7.19. The lowest BCUT2D eigenvalue weighted by molar-refractivity contribution is -0.114. The van der Waals surface area contributed by atoms with Crippen LogP contribution in [0.3, 0.4) is 0 Å². The number of amides is 1. The monoisotopic (exact) mass is 457 g/mol. The Morgan fingerprint density at radius 2 is 1.72 bits per heavy atom. The van der Waals surface area contributed by atoms with Crippen molar-refractivity contribution in [2.45, 2.75) is 39.0 Å². The number of hydrogen-bond donors (Lipinski definition) is 1. The number of aromatic nitrogens is 1. The first-order valence-electron chi connectivity index (χ1n) is 10.3. The first-order valence-corrected chi connectivity index (χ1v) is 11.8. The molecule has 9 heteroatoms. The van der Waals surface area contributed by atoms with Crippen molar-refractivity contribution in [1.29, 1.82) is 0 Å². The normalized spacial score (nSPS) is 11.2. The molecule has 1 N–H and O–H groups in total. The number of benzene rings is 2. The van der Waals surface area contributed by atoms with E-state index in [0.717, 1.165) is 16.3 Å². The van der Waals surface area contributed by atoms with Crippen LogP contribution in [-0.2, 0) is 21.2 Å². The number of rotatable bonds is 9. The third kappa shape index (κ3) is 5.11. The van der Waals surface area contributed by atoms with Crippen LogP contribution >= 0.6 is 0 Å². The maximum atomic E-state index is 13.5. The third-order valence-corrected chi connectivity index (χ3v) is 6.90. The number of aryl methyl sites for hydroxylation is 3. The van der Waals surface area contributed by atoms with Gasteiger partial charge in [-0.05, 0) is 69.2 Å². The zero-order chi connectivity index (χ0) is 23.3. The third-order valence-electron chi connectivity index (χ3n) is 4.88. The molecule has 0 bridgehead atoms. The average Bonchev–Trinajstić information content (AvgIpc) is 3.12. The van der Waals surface area contributed by atoms with E-state index < -0.39 is 22.5 Å². The highest BCUT2D eigenvalue weighted by Gasteiger charge is 2.33. The molecule has 2 aromatic carbocycles. The number of carbonyl (C=O) groups excluding carboxylic acids is 1. The van der Waals surface area contributed by atoms with Crippen molar-refractivity contribution in [2.75, 3.05) is 22.8 Å². The van der Waals surface area contributed by atoms with Crippen molar-refractivity contribution in [3.8, 4) is 5.75 Å². The van der Waals surface area contributed by atoms with Crippen molar-refractivity contribution in [3.63, 3.8) is 0 Å². The Labute approximate surface area is 188 Å². The predicted molar refractivity (Wildman–Crippen MR) is 123 cm³/mol. The Hall–Kier alpha value is -3.33. The van der Waals surface area contributed by atoms with Gasteiger partial charge in [0.2, 0.25) is 5.91 Å². The summed E-state index contributed by atoms with van der Waals surface area (Å²) in [5.41, 5.74) is 2.28. The zero-order valence-electron chi connectivity index (χ0n) is 18.6. The number of carbonyl (C=O) groups is 1. The second-order valence-electron chi connectivity index (χ2n) is 7.19. The van der Waals surface area contributed by atoms with Crippen molar-refractivity contribution < 1.29 is 22.5 Å². The molecule has 3 aromatic rings. The Balaban J connectivity index is 1.93. The molecule has 0 aliphatic rings. The molecule has 3 rings (SSSR count). The van der Waals surface area contributed by atoms with Crippen LogP contribution in [0.1, 0.15) is 30.9 Å². The highest BCUT2D eigenvalue weighted by Crippen LogP contribution is 2.29. The van der Waals surface area contributed by atoms with Crippen molar-refractivity contribution in [1.82, 2.24) is 5.16 Å². The summed E-state index contributed by atoms with van der Waals surface area (Å²) in [4.78, 5) is 12.8. The highest BCUT2D eigenvalue weighted by atomic mass is 32.2. The van der Waals surface area contributed by atoms with E-state index in [4.69, 9.17) is 9.26 Å². The van der Waals surface area contributed by atoms with E-state index in [1.54, 1.807) is 43.3 Å². The standard InChI is InChI=1S/C23H27N3O5S/c1-5-18-7-9-19(10-8-18)24-22(27)15-26(20-11-13-21(14-12-20)30-6-2)32(28,29)23-16(3)25-31-17(23)4/h7-14H,5-6,15H2,1-4H3,(H,24,27). The van der Waals surface area contributed by atoms with Gasteiger partial charge in [0.05, 0.1) is 12.3 Å². The van der Waals surface area contributed by atoms with Gasteiger partial charge in [0, 0.05) is 5.69 Å². The summed E-state index contributed by atoms with van der Waals surface area (Å²) >= 11 is 0. The minimum absolute atomic E-state index is 0.0496. The van der Waals surface area contributed by atoms with E-state index in [1.165, 1.54) is 6.92 Å². The summed E-state index contributed by atoms with van der Waals surface area (Å²) in [6, 6.07) is 13.9. The minimum Gasteiger partial charge on any atom is -0.494 e. The van der Waals surface area contributed by atoms with Crippen LogP contribution in [0.2, 0.25) is 0 Å². The summed E-state index contributed by atoms with van der Waals surface area (Å²) < 4.78 is 38.6. The van der Waals surface area contributed by atoms with Gasteiger partial charge in [-0.1, -0.05) is 24.2 Å². The average molecular weight is 458 g/mol. The first-order chi connectivity index (χ1) is 15.3. The van der Waals surface area contributed by atoms with Crippen LogP contribution in [-0.4, -0.2) is 32.6 Å². The molecular weight excluding hydrogens is 430 g/mol. The van der Waals surface area contributed by atoms with Gasteiger partial charge in [0.15, 0.2) is 10.7 Å². The van der Waals surface area contributed by atoms with E-state index in [1.807, 2.05) is 26.0 Å². The lowest BCUT2D eigenvalue weighted by Crippen LogP contribution is -2.38. The summed E-state index contributed by atoms with van der Waals surface area (Å²) in [5, 5.41) is 6.52. The molecule has 0 saturated heterocycles. The van der Waals surface area contributed by atoms with E-state index in [9.17, 15) is 13.2 Å². The SMILES string of the molecule is CCOc1ccc(N(CC(=O)Nc2ccc(CC)cc2)S(=O)(=O)c2c(C)noc2C)cc1. The van der Waals surface area contributed by atoms with E-state index >= 15 is 0 Å². The first kappa shape index (κ1) is 23.3. The van der Waals surface area contributed by atoms with Crippen LogP contribution in [0.25, 0.3) is 0 Å². The predicted octanol–water partition coefficient (Wildman–Crippen LogP) is 4.09. The highest BCUT2D eigenvalue weighted by molar-refractivity contribution is 7.93. The molecule has 0 aliphatic carbocycles. The lowest BCUT2D eigenvalue weighted by atomic mass is 10.1. The number of hydrogen-bond acceptors (Lipinski definition) is 6. The van der Waals surface area contributed by atoms with Crippen LogP contribution in [0.15, 0.2) is 57.9 Å². The smallest absolute Gasteiger partial charge is 0.270 e. The van der Waals surface area contributed by atoms with E-state index in [-0.39, 0.29) is 16.3 Å². The molecule has 1 aromatic heterocycles. The molecule has 0 aliphatic heterocycles. The van der Waals surface area contributed by atoms with Crippen molar-refractivity contribution >= 4 is 27.3 Å². The lowest BCUT2D eigenvalue weighted by Gasteiger charge is -2.24. The molecule has 0 fully saturated rings. The molecule has 1 heterocycles. The Morgan fingerprint density at radius 3 is 2.25 bits per heavy atom. The second-order valence-corrected chi connectivity index (χ2v) is 8.99. The van der Waals surface area contributed by atoms with Gasteiger partial charge in [0.1, 0.15) is 18.0 Å². The zero-order valence-corrected chi connectivity index (χ0v) is 19.4. The van der Waals surface area contributed by atoms with Crippen molar-refractivity contribution in [2.24, 2.45) is 0 Å². The fourth-order valence-corrected chi connectivity index (χ4v) is 5.02. The van der Waals surface area contributed by atoms with Gasteiger partial charge in [-0.2, -0.15) is 0 Å². The maximum absolute atomic E-state index is 13.5. The fourth-order valence-electron chi connectivity index (χ4n) is 3.30. The van der Waals surface area contributed by atoms with Gasteiger partial charge < -0.3 is 14.6 Å². The summed E-state index contributed by atoms with van der Waals surface area (Å²) in [5.74, 6) is 0.291. The Morgan fingerprint density at radius 1 is 1.06 bits per heavy atom. The molecule has 32 heavy (non-hydrogen) atoms. The van der Waals surface area contributed by atoms with E-state index in [0.29, 0.717) is 23.7 Å². The van der Waals surface area contributed by atoms with Gasteiger partial charge in [-0.15, -0.1) is 0 Å². The summed E-state index contributed by atoms with van der Waals surface area (Å²) in [6.45, 7) is 7.05. The molecule has 1 amide bonds. The summed E-state index contributed by atoms with van der Waals surface area (Å²) in [6.07, 6.45) is 0.884. The molecule has 0 atom stereocenters. The largest absolute Gasteiger partial charge is 0.494 e. The number of sulfonamides is 1. The molecule has 0 radical (unpaired) electrons. The van der Waals surface area contributed by atoms with E-state index in [2.05, 4.69) is 10.5 Å². The maximum Gasteiger partial charge on any atom is 0.270 e. The van der Waals surface area contributed by atoms with Gasteiger partial charge >= 0.3 is 0 Å². The molecule has 170 valence electrons. The van der Waals surface area contributed by atoms with Crippen LogP contribution in [0, 0.1) is 13.8 Å².